The van der Waals surface area contributed by atoms with E-state index in [1.165, 1.54) is 0 Å². The molecular formula is C14H21N5O. The van der Waals surface area contributed by atoms with Crippen molar-refractivity contribution in [3.05, 3.63) is 35.5 Å². The van der Waals surface area contributed by atoms with Crippen LogP contribution < -0.4 is 16.2 Å². The molecule has 0 aliphatic heterocycles. The molecule has 0 aliphatic rings. The highest BCUT2D eigenvalue weighted by atomic mass is 16.3. The van der Waals surface area contributed by atoms with Crippen LogP contribution in [0.4, 0.5) is 11.6 Å². The van der Waals surface area contributed by atoms with Crippen molar-refractivity contribution in [2.24, 2.45) is 5.84 Å². The summed E-state index contributed by atoms with van der Waals surface area (Å²) in [5.41, 5.74) is 4.68. The first-order valence-electron chi connectivity index (χ1n) is 6.60. The standard InChI is InChI=1S/C14H21N5O/c1-9(2)12-16-13(18-15)10(3)14(17-12)19(4)7-11-5-6-20-8-11/h5-6,8-9H,7,15H2,1-4H3,(H,16,17,18). The Morgan fingerprint density at radius 3 is 2.70 bits per heavy atom. The van der Waals surface area contributed by atoms with E-state index in [2.05, 4.69) is 34.1 Å². The molecule has 0 saturated heterocycles. The third-order valence-electron chi connectivity index (χ3n) is 3.15. The molecule has 0 radical (unpaired) electrons. The zero-order valence-corrected chi connectivity index (χ0v) is 12.3. The van der Waals surface area contributed by atoms with Gasteiger partial charge in [-0.25, -0.2) is 15.8 Å². The molecule has 6 nitrogen and oxygen atoms in total. The molecule has 6 heteroatoms. The second-order valence-corrected chi connectivity index (χ2v) is 5.17. The fraction of sp³-hybridized carbons (Fsp3) is 0.429. The van der Waals surface area contributed by atoms with E-state index in [-0.39, 0.29) is 5.92 Å². The lowest BCUT2D eigenvalue weighted by molar-refractivity contribution is 0.563. The number of anilines is 2. The highest BCUT2D eigenvalue weighted by Crippen LogP contribution is 2.25. The molecular weight excluding hydrogens is 254 g/mol. The van der Waals surface area contributed by atoms with Crippen molar-refractivity contribution in [1.82, 2.24) is 9.97 Å². The fourth-order valence-electron chi connectivity index (χ4n) is 2.02. The zero-order valence-electron chi connectivity index (χ0n) is 12.3. The molecule has 0 amide bonds. The van der Waals surface area contributed by atoms with Crippen molar-refractivity contribution in [2.45, 2.75) is 33.2 Å². The highest BCUT2D eigenvalue weighted by Gasteiger charge is 2.16. The van der Waals surface area contributed by atoms with Crippen molar-refractivity contribution in [3.63, 3.8) is 0 Å². The van der Waals surface area contributed by atoms with Gasteiger partial charge in [-0.05, 0) is 13.0 Å². The Morgan fingerprint density at radius 1 is 1.40 bits per heavy atom. The average molecular weight is 275 g/mol. The molecule has 2 heterocycles. The Morgan fingerprint density at radius 2 is 2.15 bits per heavy atom. The van der Waals surface area contributed by atoms with E-state index in [9.17, 15) is 0 Å². The first-order chi connectivity index (χ1) is 9.52. The van der Waals surface area contributed by atoms with E-state index in [1.807, 2.05) is 20.0 Å². The van der Waals surface area contributed by atoms with Crippen LogP contribution in [-0.2, 0) is 6.54 Å². The Bertz CT molecular complexity index is 565. The van der Waals surface area contributed by atoms with Crippen molar-refractivity contribution >= 4 is 11.6 Å². The summed E-state index contributed by atoms with van der Waals surface area (Å²) >= 11 is 0. The molecule has 20 heavy (non-hydrogen) atoms. The number of nitrogens with two attached hydrogens (primary N) is 1. The number of aromatic nitrogens is 2. The average Bonchev–Trinajstić information content (AvgIpc) is 2.91. The van der Waals surface area contributed by atoms with E-state index in [0.29, 0.717) is 5.82 Å². The maximum atomic E-state index is 5.55. The van der Waals surface area contributed by atoms with Crippen molar-refractivity contribution < 1.29 is 4.42 Å². The molecule has 108 valence electrons. The van der Waals surface area contributed by atoms with Gasteiger partial charge >= 0.3 is 0 Å². The van der Waals surface area contributed by atoms with Gasteiger partial charge in [0.2, 0.25) is 0 Å². The number of nitrogens with zero attached hydrogens (tertiary/aromatic N) is 3. The van der Waals surface area contributed by atoms with Gasteiger partial charge in [0.15, 0.2) is 0 Å². The van der Waals surface area contributed by atoms with Crippen LogP contribution in [0.5, 0.6) is 0 Å². The smallest absolute Gasteiger partial charge is 0.148 e. The minimum Gasteiger partial charge on any atom is -0.472 e. The van der Waals surface area contributed by atoms with Crippen LogP contribution in [0.2, 0.25) is 0 Å². The Labute approximate surface area is 119 Å². The van der Waals surface area contributed by atoms with Crippen LogP contribution in [0, 0.1) is 6.92 Å². The van der Waals surface area contributed by atoms with Gasteiger partial charge in [0.25, 0.3) is 0 Å². The molecule has 0 fully saturated rings. The van der Waals surface area contributed by atoms with Gasteiger partial charge in [-0.15, -0.1) is 0 Å². The third kappa shape index (κ3) is 2.91. The number of rotatable bonds is 5. The van der Waals surface area contributed by atoms with Crippen molar-refractivity contribution in [2.75, 3.05) is 17.4 Å². The summed E-state index contributed by atoms with van der Waals surface area (Å²) < 4.78 is 5.10. The van der Waals surface area contributed by atoms with E-state index < -0.39 is 0 Å². The van der Waals surface area contributed by atoms with E-state index in [0.717, 1.165) is 29.3 Å². The summed E-state index contributed by atoms with van der Waals surface area (Å²) in [6, 6.07) is 1.94. The summed E-state index contributed by atoms with van der Waals surface area (Å²) in [4.78, 5) is 11.2. The second-order valence-electron chi connectivity index (χ2n) is 5.17. The van der Waals surface area contributed by atoms with Gasteiger partial charge in [0, 0.05) is 30.6 Å². The lowest BCUT2D eigenvalue weighted by atomic mass is 10.2. The van der Waals surface area contributed by atoms with Crippen molar-refractivity contribution in [1.29, 1.82) is 0 Å². The number of hydrogen-bond donors (Lipinski definition) is 2. The predicted molar refractivity (Wildman–Crippen MR) is 79.5 cm³/mol. The normalized spacial score (nSPS) is 10.9. The highest BCUT2D eigenvalue weighted by molar-refractivity contribution is 5.58. The van der Waals surface area contributed by atoms with Crippen LogP contribution in [-0.4, -0.2) is 17.0 Å². The molecule has 0 unspecified atom stereocenters. The molecule has 0 saturated carbocycles. The first-order valence-corrected chi connectivity index (χ1v) is 6.60. The topological polar surface area (TPSA) is 80.2 Å². The summed E-state index contributed by atoms with van der Waals surface area (Å²) in [5.74, 6) is 8.10. The Kier molecular flexibility index (Phi) is 4.24. The molecule has 0 atom stereocenters. The van der Waals surface area contributed by atoms with E-state index in [1.54, 1.807) is 12.5 Å². The van der Waals surface area contributed by atoms with Crippen LogP contribution in [0.25, 0.3) is 0 Å². The monoisotopic (exact) mass is 275 g/mol. The summed E-state index contributed by atoms with van der Waals surface area (Å²) in [6.45, 7) is 6.80. The SMILES string of the molecule is Cc1c(NN)nc(C(C)C)nc1N(C)Cc1ccoc1. The van der Waals surface area contributed by atoms with Gasteiger partial charge in [0.05, 0.1) is 12.5 Å². The summed E-state index contributed by atoms with van der Waals surface area (Å²) in [7, 11) is 1.99. The molecule has 0 bridgehead atoms. The minimum atomic E-state index is 0.240. The summed E-state index contributed by atoms with van der Waals surface area (Å²) in [5, 5.41) is 0. The first kappa shape index (κ1) is 14.3. The van der Waals surface area contributed by atoms with Crippen LogP contribution in [0.3, 0.4) is 0 Å². The van der Waals surface area contributed by atoms with Gasteiger partial charge in [-0.2, -0.15) is 0 Å². The zero-order chi connectivity index (χ0) is 14.7. The van der Waals surface area contributed by atoms with Crippen LogP contribution >= 0.6 is 0 Å². The Hall–Kier alpha value is -2.08. The molecule has 2 aromatic rings. The van der Waals surface area contributed by atoms with Gasteiger partial charge in [-0.3, -0.25) is 0 Å². The van der Waals surface area contributed by atoms with Crippen LogP contribution in [0.1, 0.15) is 36.7 Å². The fourth-order valence-corrected chi connectivity index (χ4v) is 2.02. The van der Waals surface area contributed by atoms with Gasteiger partial charge in [0.1, 0.15) is 17.5 Å². The number of nitrogen functional groups attached to an aromatic ring is 1. The minimum absolute atomic E-state index is 0.240. The predicted octanol–water partition coefficient (Wildman–Crippen LogP) is 2.42. The Balaban J connectivity index is 2.36. The molecule has 0 spiro atoms. The second kappa shape index (κ2) is 5.92. The van der Waals surface area contributed by atoms with Gasteiger partial charge < -0.3 is 14.7 Å². The van der Waals surface area contributed by atoms with E-state index >= 15 is 0 Å². The number of furan rings is 1. The number of hydrogen-bond acceptors (Lipinski definition) is 6. The maximum Gasteiger partial charge on any atom is 0.148 e. The number of hydrazine groups is 1. The van der Waals surface area contributed by atoms with Crippen LogP contribution in [0.15, 0.2) is 23.0 Å². The third-order valence-corrected chi connectivity index (χ3v) is 3.15. The molecule has 3 N–H and O–H groups in total. The number of nitrogens with one attached hydrogen (secondary N) is 1. The molecule has 0 aliphatic carbocycles. The van der Waals surface area contributed by atoms with Gasteiger partial charge in [-0.1, -0.05) is 13.8 Å². The largest absolute Gasteiger partial charge is 0.472 e. The van der Waals surface area contributed by atoms with Crippen molar-refractivity contribution in [3.8, 4) is 0 Å². The maximum absolute atomic E-state index is 5.55. The molecule has 0 aromatic carbocycles. The molecule has 2 aromatic heterocycles. The quantitative estimate of drug-likeness (QED) is 0.644. The lowest BCUT2D eigenvalue weighted by Crippen LogP contribution is -2.22. The lowest BCUT2D eigenvalue weighted by Gasteiger charge is -2.22. The molecule has 2 rings (SSSR count). The van der Waals surface area contributed by atoms with E-state index in [4.69, 9.17) is 10.3 Å². The summed E-state index contributed by atoms with van der Waals surface area (Å²) in [6.07, 6.45) is 3.40.